The number of rotatable bonds is 8. The second kappa shape index (κ2) is 9.64. The Balaban J connectivity index is 1.95. The first-order valence-corrected chi connectivity index (χ1v) is 10.8. The van der Waals surface area contributed by atoms with Crippen LogP contribution in [0, 0.1) is 11.2 Å². The van der Waals surface area contributed by atoms with E-state index in [0.717, 1.165) is 6.20 Å². The third kappa shape index (κ3) is 4.97. The summed E-state index contributed by atoms with van der Waals surface area (Å²) in [5, 5.41) is 14.0. The number of nitrogens with two attached hydrogens (primary N) is 1. The van der Waals surface area contributed by atoms with E-state index < -0.39 is 23.6 Å². The highest BCUT2D eigenvalue weighted by molar-refractivity contribution is 6.17. The molecule has 0 aliphatic heterocycles. The average molecular weight is 499 g/mol. The molecule has 6 N–H and O–H groups in total. The van der Waals surface area contributed by atoms with Gasteiger partial charge in [0.15, 0.2) is 0 Å². The number of aromatic nitrogens is 3. The summed E-state index contributed by atoms with van der Waals surface area (Å²) in [5.41, 5.74) is 6.93. The molecule has 1 amide bonds. The quantitative estimate of drug-likeness (QED) is 0.174. The molecule has 0 bridgehead atoms. The molecule has 12 heteroatoms. The Bertz CT molecular complexity index is 1510. The van der Waals surface area contributed by atoms with Crippen LogP contribution in [0.15, 0.2) is 49.1 Å². The molecule has 0 unspecified atom stereocenters. The lowest BCUT2D eigenvalue weighted by Gasteiger charge is -2.12. The highest BCUT2D eigenvalue weighted by Gasteiger charge is 2.32. The van der Waals surface area contributed by atoms with Crippen LogP contribution in [0.4, 0.5) is 28.9 Å². The van der Waals surface area contributed by atoms with E-state index in [-0.39, 0.29) is 6.42 Å². The molecule has 0 spiro atoms. The molecule has 3 heterocycles. The van der Waals surface area contributed by atoms with Gasteiger partial charge in [-0.3, -0.25) is 15.2 Å². The van der Waals surface area contributed by atoms with Crippen molar-refractivity contribution in [3.8, 4) is 11.1 Å². The van der Waals surface area contributed by atoms with E-state index in [0.29, 0.717) is 62.6 Å². The van der Waals surface area contributed by atoms with Crippen LogP contribution in [0.25, 0.3) is 33.1 Å². The van der Waals surface area contributed by atoms with Crippen LogP contribution in [-0.4, -0.2) is 39.3 Å². The fraction of sp³-hybridized carbons (Fsp3) is 0.167. The van der Waals surface area contributed by atoms with Gasteiger partial charge in [-0.15, -0.1) is 0 Å². The van der Waals surface area contributed by atoms with E-state index in [1.54, 1.807) is 6.07 Å². The standard InChI is InChI=1S/C24H21F4N7O/c1-2-32-17-8-14(25)7-15-20-22(33-4-3-18(29)24(26,27)28)16(11-34-23(20)35-21(15)17)13-5-12(6-19(30)36)9-31-10-13/h3-5,7-11,29,32H,2,6H2,1H3,(H2,30,36)(H2,33,34,35)/b4-3-,29-18?. The third-order valence-corrected chi connectivity index (χ3v) is 5.33. The molecule has 0 atom stereocenters. The first kappa shape index (κ1) is 24.6. The van der Waals surface area contributed by atoms with Crippen molar-refractivity contribution < 1.29 is 22.4 Å². The first-order chi connectivity index (χ1) is 17.1. The van der Waals surface area contributed by atoms with E-state index in [4.69, 9.17) is 11.1 Å². The van der Waals surface area contributed by atoms with Gasteiger partial charge < -0.3 is 21.4 Å². The summed E-state index contributed by atoms with van der Waals surface area (Å²) in [6.45, 7) is 2.38. The van der Waals surface area contributed by atoms with Gasteiger partial charge >= 0.3 is 6.18 Å². The number of primary amides is 1. The third-order valence-electron chi connectivity index (χ3n) is 5.33. The minimum Gasteiger partial charge on any atom is -0.384 e. The highest BCUT2D eigenvalue weighted by atomic mass is 19.4. The van der Waals surface area contributed by atoms with E-state index in [1.807, 2.05) is 6.92 Å². The predicted molar refractivity (Wildman–Crippen MR) is 130 cm³/mol. The number of halogens is 4. The molecule has 186 valence electrons. The maximum Gasteiger partial charge on any atom is 0.432 e. The number of fused-ring (bicyclic) bond motifs is 3. The van der Waals surface area contributed by atoms with Gasteiger partial charge in [-0.2, -0.15) is 13.2 Å². The number of aromatic amines is 1. The second-order valence-corrected chi connectivity index (χ2v) is 7.92. The van der Waals surface area contributed by atoms with Crippen molar-refractivity contribution in [2.75, 3.05) is 17.2 Å². The van der Waals surface area contributed by atoms with Crippen molar-refractivity contribution >= 4 is 44.9 Å². The van der Waals surface area contributed by atoms with E-state index in [9.17, 15) is 22.4 Å². The Morgan fingerprint density at radius 2 is 2.00 bits per heavy atom. The van der Waals surface area contributed by atoms with Gasteiger partial charge in [0, 0.05) is 47.8 Å². The molecule has 1 aromatic carbocycles. The molecule has 0 aliphatic rings. The van der Waals surface area contributed by atoms with Crippen LogP contribution < -0.4 is 16.4 Å². The normalized spacial score (nSPS) is 11.9. The van der Waals surface area contributed by atoms with Crippen molar-refractivity contribution in [1.82, 2.24) is 15.0 Å². The number of alkyl halides is 3. The molecule has 8 nitrogen and oxygen atoms in total. The van der Waals surface area contributed by atoms with Crippen LogP contribution in [0.3, 0.4) is 0 Å². The Labute approximate surface area is 202 Å². The van der Waals surface area contributed by atoms with Gasteiger partial charge in [-0.25, -0.2) is 9.37 Å². The Morgan fingerprint density at radius 3 is 2.69 bits per heavy atom. The largest absolute Gasteiger partial charge is 0.432 e. The van der Waals surface area contributed by atoms with Crippen molar-refractivity contribution in [2.45, 2.75) is 19.5 Å². The zero-order valence-electron chi connectivity index (χ0n) is 18.9. The molecular formula is C24H21F4N7O. The van der Waals surface area contributed by atoms with Crippen LogP contribution in [0.5, 0.6) is 0 Å². The minimum atomic E-state index is -4.81. The molecule has 0 fully saturated rings. The number of nitrogens with zero attached hydrogens (tertiary/aromatic N) is 2. The lowest BCUT2D eigenvalue weighted by molar-refractivity contribution is -0.117. The fourth-order valence-electron chi connectivity index (χ4n) is 3.86. The van der Waals surface area contributed by atoms with Gasteiger partial charge in [-0.05, 0) is 36.8 Å². The van der Waals surface area contributed by atoms with Crippen molar-refractivity contribution in [2.24, 2.45) is 5.73 Å². The number of pyridine rings is 2. The number of carbonyl (C=O) groups is 1. The SMILES string of the molecule is CCNc1cc(F)cc2c1[nH]c1ncc(-c3cncc(CC(N)=O)c3)c(N/C=C\C(=N)C(F)(F)F)c12. The molecule has 0 aliphatic carbocycles. The summed E-state index contributed by atoms with van der Waals surface area (Å²) in [4.78, 5) is 23.1. The monoisotopic (exact) mass is 499 g/mol. The zero-order chi connectivity index (χ0) is 26.0. The Morgan fingerprint density at radius 1 is 1.22 bits per heavy atom. The lowest BCUT2D eigenvalue weighted by atomic mass is 10.0. The van der Waals surface area contributed by atoms with E-state index >= 15 is 0 Å². The van der Waals surface area contributed by atoms with Gasteiger partial charge in [0.05, 0.1) is 28.7 Å². The Hall–Kier alpha value is -4.48. The average Bonchev–Trinajstić information content (AvgIpc) is 3.17. The van der Waals surface area contributed by atoms with E-state index in [2.05, 4.69) is 25.6 Å². The zero-order valence-corrected chi connectivity index (χ0v) is 18.9. The number of carbonyl (C=O) groups excluding carboxylic acids is 1. The minimum absolute atomic E-state index is 0.0632. The van der Waals surface area contributed by atoms with Gasteiger partial charge in [0.1, 0.15) is 17.2 Å². The summed E-state index contributed by atoms with van der Waals surface area (Å²) in [6.07, 6.45) is 1.15. The molecule has 36 heavy (non-hydrogen) atoms. The molecular weight excluding hydrogens is 478 g/mol. The number of anilines is 2. The second-order valence-electron chi connectivity index (χ2n) is 7.92. The maximum absolute atomic E-state index is 14.5. The molecule has 0 radical (unpaired) electrons. The molecule has 0 saturated carbocycles. The van der Waals surface area contributed by atoms with Crippen molar-refractivity contribution in [3.63, 3.8) is 0 Å². The maximum atomic E-state index is 14.5. The number of H-pyrrole nitrogens is 1. The van der Waals surface area contributed by atoms with Crippen LogP contribution >= 0.6 is 0 Å². The van der Waals surface area contributed by atoms with Crippen molar-refractivity contribution in [3.05, 3.63) is 60.4 Å². The first-order valence-electron chi connectivity index (χ1n) is 10.8. The number of hydrogen-bond acceptors (Lipinski definition) is 6. The molecule has 3 aromatic heterocycles. The van der Waals surface area contributed by atoms with Crippen molar-refractivity contribution in [1.29, 1.82) is 5.41 Å². The Kier molecular flexibility index (Phi) is 6.60. The number of nitrogens with one attached hydrogen (secondary N) is 4. The van der Waals surface area contributed by atoms with E-state index in [1.165, 1.54) is 30.7 Å². The fourth-order valence-corrected chi connectivity index (χ4v) is 3.86. The topological polar surface area (TPSA) is 133 Å². The summed E-state index contributed by atoms with van der Waals surface area (Å²) in [5.74, 6) is -1.08. The van der Waals surface area contributed by atoms with Crippen LogP contribution in [0.1, 0.15) is 12.5 Å². The summed E-state index contributed by atoms with van der Waals surface area (Å²) in [6, 6.07) is 4.29. The predicted octanol–water partition coefficient (Wildman–Crippen LogP) is 4.88. The molecule has 4 rings (SSSR count). The van der Waals surface area contributed by atoms with Gasteiger partial charge in [0.2, 0.25) is 5.91 Å². The number of hydrogen-bond donors (Lipinski definition) is 5. The number of allylic oxidation sites excluding steroid dienone is 1. The van der Waals surface area contributed by atoms with Crippen LogP contribution in [-0.2, 0) is 11.2 Å². The molecule has 4 aromatic rings. The van der Waals surface area contributed by atoms with Crippen LogP contribution in [0.2, 0.25) is 0 Å². The highest BCUT2D eigenvalue weighted by Crippen LogP contribution is 2.40. The smallest absolute Gasteiger partial charge is 0.384 e. The van der Waals surface area contributed by atoms with Gasteiger partial charge in [-0.1, -0.05) is 0 Å². The summed E-state index contributed by atoms with van der Waals surface area (Å²) in [7, 11) is 0. The number of amides is 1. The van der Waals surface area contributed by atoms with Gasteiger partial charge in [0.25, 0.3) is 0 Å². The summed E-state index contributed by atoms with van der Waals surface area (Å²) >= 11 is 0. The number of benzene rings is 1. The molecule has 0 saturated heterocycles. The lowest BCUT2D eigenvalue weighted by Crippen LogP contribution is -2.19. The summed E-state index contributed by atoms with van der Waals surface area (Å²) < 4.78 is 53.0.